The van der Waals surface area contributed by atoms with Crippen molar-refractivity contribution < 1.29 is 14.6 Å². The Morgan fingerprint density at radius 1 is 1.00 bits per heavy atom. The van der Waals surface area contributed by atoms with Crippen LogP contribution in [-0.2, 0) is 0 Å². The topological polar surface area (TPSA) is 51.1 Å². The van der Waals surface area contributed by atoms with E-state index >= 15 is 0 Å². The maximum atomic E-state index is 10.1. The Labute approximate surface area is 140 Å². The number of ether oxygens (including phenoxy) is 2. The average molecular weight is 319 g/mol. The van der Waals surface area contributed by atoms with Crippen LogP contribution in [0.3, 0.4) is 0 Å². The molecule has 3 aromatic carbocycles. The van der Waals surface area contributed by atoms with Gasteiger partial charge in [0.05, 0.1) is 6.54 Å². The predicted octanol–water partition coefficient (Wildman–Crippen LogP) is 3.80. The molecule has 1 N–H and O–H groups in total. The number of para-hydroxylation sites is 2. The van der Waals surface area contributed by atoms with Crippen molar-refractivity contribution in [2.24, 2.45) is 4.99 Å². The highest BCUT2D eigenvalue weighted by atomic mass is 16.6. The molecule has 24 heavy (non-hydrogen) atoms. The zero-order valence-electron chi connectivity index (χ0n) is 13.1. The highest BCUT2D eigenvalue weighted by Gasteiger charge is 2.19. The fraction of sp³-hybridized carbons (Fsp3) is 0.150. The molecule has 0 unspecified atom stereocenters. The minimum Gasteiger partial charge on any atom is -0.507 e. The standard InChI is InChI=1S/C20H17NO3/c22-18-10-9-14-5-1-2-6-16(14)17(18)12-21-11-15-13-23-19-7-3-4-8-20(19)24-15/h1-10,12,15,22H,11,13H2/t15-/m0/s1. The summed E-state index contributed by atoms with van der Waals surface area (Å²) in [6.45, 7) is 0.937. The number of benzene rings is 3. The first-order valence-electron chi connectivity index (χ1n) is 7.90. The summed E-state index contributed by atoms with van der Waals surface area (Å²) in [6, 6.07) is 19.1. The van der Waals surface area contributed by atoms with E-state index in [1.165, 1.54) is 0 Å². The zero-order chi connectivity index (χ0) is 16.4. The first kappa shape index (κ1) is 14.6. The van der Waals surface area contributed by atoms with Gasteiger partial charge >= 0.3 is 0 Å². The number of phenolic OH excluding ortho intramolecular Hbond substituents is 1. The van der Waals surface area contributed by atoms with E-state index in [4.69, 9.17) is 9.47 Å². The van der Waals surface area contributed by atoms with Crippen LogP contribution >= 0.6 is 0 Å². The SMILES string of the molecule is Oc1ccc2ccccc2c1C=NC[C@H]1COc2ccccc2O1. The molecular weight excluding hydrogens is 302 g/mol. The Bertz CT molecular complexity index is 904. The van der Waals surface area contributed by atoms with Crippen LogP contribution in [-0.4, -0.2) is 30.6 Å². The Kier molecular flexibility index (Phi) is 3.79. The lowest BCUT2D eigenvalue weighted by Gasteiger charge is -2.25. The number of hydrogen-bond donors (Lipinski definition) is 1. The Hall–Kier alpha value is -3.01. The zero-order valence-corrected chi connectivity index (χ0v) is 13.1. The number of nitrogens with zero attached hydrogens (tertiary/aromatic N) is 1. The van der Waals surface area contributed by atoms with E-state index in [2.05, 4.69) is 4.99 Å². The molecule has 1 aliphatic heterocycles. The molecule has 1 heterocycles. The Morgan fingerprint density at radius 3 is 2.71 bits per heavy atom. The molecule has 1 aliphatic rings. The van der Waals surface area contributed by atoms with Gasteiger partial charge in [-0.3, -0.25) is 4.99 Å². The van der Waals surface area contributed by atoms with Gasteiger partial charge in [0.1, 0.15) is 12.4 Å². The van der Waals surface area contributed by atoms with E-state index < -0.39 is 0 Å². The van der Waals surface area contributed by atoms with Crippen molar-refractivity contribution in [3.05, 3.63) is 66.2 Å². The molecule has 3 aromatic rings. The van der Waals surface area contributed by atoms with Crippen LogP contribution < -0.4 is 9.47 Å². The lowest BCUT2D eigenvalue weighted by molar-refractivity contribution is 0.0973. The summed E-state index contributed by atoms with van der Waals surface area (Å²) in [5.41, 5.74) is 0.727. The summed E-state index contributed by atoms with van der Waals surface area (Å²) in [6.07, 6.45) is 1.58. The van der Waals surface area contributed by atoms with Crippen molar-refractivity contribution in [2.45, 2.75) is 6.10 Å². The number of aromatic hydroxyl groups is 1. The van der Waals surface area contributed by atoms with Gasteiger partial charge < -0.3 is 14.6 Å². The van der Waals surface area contributed by atoms with Crippen LogP contribution in [0.4, 0.5) is 0 Å². The summed E-state index contributed by atoms with van der Waals surface area (Å²) < 4.78 is 11.6. The highest BCUT2D eigenvalue weighted by molar-refractivity contribution is 6.02. The van der Waals surface area contributed by atoms with Crippen molar-refractivity contribution >= 4 is 17.0 Å². The van der Waals surface area contributed by atoms with Gasteiger partial charge in [-0.1, -0.05) is 42.5 Å². The van der Waals surface area contributed by atoms with Gasteiger partial charge in [-0.05, 0) is 29.0 Å². The number of hydrogen-bond acceptors (Lipinski definition) is 4. The number of fused-ring (bicyclic) bond motifs is 2. The molecule has 0 bridgehead atoms. The third-order valence-corrected chi connectivity index (χ3v) is 4.04. The lowest BCUT2D eigenvalue weighted by atomic mass is 10.0. The van der Waals surface area contributed by atoms with Gasteiger partial charge in [-0.15, -0.1) is 0 Å². The lowest BCUT2D eigenvalue weighted by Crippen LogP contribution is -2.31. The van der Waals surface area contributed by atoms with Crippen molar-refractivity contribution in [3.63, 3.8) is 0 Å². The Balaban J connectivity index is 1.52. The minimum absolute atomic E-state index is 0.131. The van der Waals surface area contributed by atoms with Gasteiger partial charge in [-0.2, -0.15) is 0 Å². The second-order valence-electron chi connectivity index (χ2n) is 5.71. The molecule has 0 spiro atoms. The van der Waals surface area contributed by atoms with Crippen molar-refractivity contribution in [1.29, 1.82) is 0 Å². The summed E-state index contributed by atoms with van der Waals surface area (Å²) in [5, 5.41) is 12.2. The molecule has 4 rings (SSSR count). The molecule has 0 fully saturated rings. The van der Waals surface area contributed by atoms with Gasteiger partial charge in [-0.25, -0.2) is 0 Å². The molecule has 0 aromatic heterocycles. The first-order valence-corrected chi connectivity index (χ1v) is 7.90. The number of aliphatic imine (C=N–C) groups is 1. The van der Waals surface area contributed by atoms with Crippen molar-refractivity contribution in [1.82, 2.24) is 0 Å². The van der Waals surface area contributed by atoms with Gasteiger partial charge in [0.25, 0.3) is 0 Å². The largest absolute Gasteiger partial charge is 0.507 e. The van der Waals surface area contributed by atoms with Gasteiger partial charge in [0.15, 0.2) is 17.6 Å². The second kappa shape index (κ2) is 6.24. The van der Waals surface area contributed by atoms with Gasteiger partial charge in [0.2, 0.25) is 0 Å². The normalized spacial score (nSPS) is 16.6. The van der Waals surface area contributed by atoms with E-state index in [9.17, 15) is 5.11 Å². The molecular formula is C20H17NO3. The molecule has 1 atom stereocenters. The highest BCUT2D eigenvalue weighted by Crippen LogP contribution is 2.31. The maximum absolute atomic E-state index is 10.1. The molecule has 0 aliphatic carbocycles. The average Bonchev–Trinajstić information content (AvgIpc) is 2.63. The smallest absolute Gasteiger partial charge is 0.161 e. The summed E-state index contributed by atoms with van der Waals surface area (Å²) >= 11 is 0. The maximum Gasteiger partial charge on any atom is 0.161 e. The third kappa shape index (κ3) is 2.78. The summed E-state index contributed by atoms with van der Waals surface area (Å²) in [7, 11) is 0. The molecule has 0 saturated heterocycles. The third-order valence-electron chi connectivity index (χ3n) is 4.04. The van der Waals surface area contributed by atoms with Crippen molar-refractivity contribution in [3.8, 4) is 17.2 Å². The van der Waals surface area contributed by atoms with E-state index in [1.54, 1.807) is 12.3 Å². The number of rotatable bonds is 3. The van der Waals surface area contributed by atoms with Gasteiger partial charge in [0, 0.05) is 11.8 Å². The summed E-state index contributed by atoms with van der Waals surface area (Å²) in [4.78, 5) is 4.46. The predicted molar refractivity (Wildman–Crippen MR) is 94.4 cm³/mol. The van der Waals surface area contributed by atoms with E-state index in [1.807, 2.05) is 54.6 Å². The van der Waals surface area contributed by atoms with E-state index in [0.29, 0.717) is 13.2 Å². The quantitative estimate of drug-likeness (QED) is 0.747. The van der Waals surface area contributed by atoms with E-state index in [0.717, 1.165) is 27.8 Å². The summed E-state index contributed by atoms with van der Waals surface area (Å²) in [5.74, 6) is 1.74. The molecule has 0 saturated carbocycles. The number of phenols is 1. The minimum atomic E-state index is -0.131. The fourth-order valence-electron chi connectivity index (χ4n) is 2.83. The van der Waals surface area contributed by atoms with Crippen LogP contribution in [0, 0.1) is 0 Å². The van der Waals surface area contributed by atoms with Crippen LogP contribution in [0.15, 0.2) is 65.7 Å². The fourth-order valence-corrected chi connectivity index (χ4v) is 2.83. The first-order chi connectivity index (χ1) is 11.8. The van der Waals surface area contributed by atoms with Crippen LogP contribution in [0.1, 0.15) is 5.56 Å². The monoisotopic (exact) mass is 319 g/mol. The second-order valence-corrected chi connectivity index (χ2v) is 5.71. The van der Waals surface area contributed by atoms with Crippen LogP contribution in [0.5, 0.6) is 17.2 Å². The Morgan fingerprint density at radius 2 is 1.79 bits per heavy atom. The van der Waals surface area contributed by atoms with Crippen LogP contribution in [0.2, 0.25) is 0 Å². The molecule has 120 valence electrons. The van der Waals surface area contributed by atoms with Crippen LogP contribution in [0.25, 0.3) is 10.8 Å². The molecule has 4 heteroatoms. The van der Waals surface area contributed by atoms with Crippen molar-refractivity contribution in [2.75, 3.05) is 13.2 Å². The molecule has 0 radical (unpaired) electrons. The molecule has 0 amide bonds. The molecule has 4 nitrogen and oxygen atoms in total. The van der Waals surface area contributed by atoms with E-state index in [-0.39, 0.29) is 11.9 Å².